The van der Waals surface area contributed by atoms with E-state index in [0.717, 1.165) is 63.2 Å². The molecule has 0 aromatic heterocycles. The van der Waals surface area contributed by atoms with Gasteiger partial charge in [-0.25, -0.2) is 52.7 Å². The van der Waals surface area contributed by atoms with Gasteiger partial charge in [-0.1, -0.05) is 80.5 Å². The van der Waals surface area contributed by atoms with Gasteiger partial charge < -0.3 is 48.2 Å². The Bertz CT molecular complexity index is 4710. The minimum Gasteiger partial charge on any atom is -0.473 e. The Morgan fingerprint density at radius 2 is 0.538 bits per heavy atom. The molecule has 5 aliphatic heterocycles. The number of hydrogen-bond donors (Lipinski definition) is 0. The van der Waals surface area contributed by atoms with E-state index in [1.165, 1.54) is 82.8 Å². The quantitative estimate of drug-likeness (QED) is 0.156. The Balaban J connectivity index is 0.000000130. The van der Waals surface area contributed by atoms with E-state index >= 15 is 0 Å². The number of benzene rings is 10. The van der Waals surface area contributed by atoms with Gasteiger partial charge in [-0.2, -0.15) is 0 Å². The van der Waals surface area contributed by atoms with Gasteiger partial charge in [0.25, 0.3) is 0 Å². The van der Waals surface area contributed by atoms with Gasteiger partial charge in [0.1, 0.15) is 81.0 Å². The molecule has 0 N–H and O–H groups in total. The minimum atomic E-state index is -0.933. The molecule has 22 heteroatoms. The van der Waals surface area contributed by atoms with Crippen LogP contribution in [0.3, 0.4) is 0 Å². The van der Waals surface area contributed by atoms with Gasteiger partial charge in [-0.3, -0.25) is 0 Å². The maximum Gasteiger partial charge on any atom is 0.161 e. The first-order valence-corrected chi connectivity index (χ1v) is 33.4. The van der Waals surface area contributed by atoms with E-state index in [9.17, 15) is 52.7 Å². The molecule has 15 rings (SSSR count). The standard InChI is InChI=1S/C18H18F3NO.2C18H19F2NO.C14H10F3NO.C14H11F2NO/c1-18(2,3)12-4-5-16-11(6-12)9-22(10-23-16)17-14(20)7-13(19)8-15(17)21;1-18(2,3)13-4-7-17-12(8-13)10-21(11-22-17)16-6-5-14(19)9-15(16)20;1-18(2,3)13-4-7-17-12(8-13)10-21(11-22-17)14-5-6-15(19)16(20)9-14;15-10-2-4-14-9(5-10)7-18(8-19-14)13-3-1-11(16)6-12(13)17;15-11-1-4-13(5-2-11)17-8-10-7-12(16)3-6-14(10)18-9-17/h4-8H,9-10H2,1-3H3;2*4-9H,10-11H2,1-3H3;1-6H,7-8H2;1-7H,8-9H2. The molecule has 5 heterocycles. The van der Waals surface area contributed by atoms with E-state index < -0.39 is 52.4 Å². The number of anilines is 5. The van der Waals surface area contributed by atoms with Gasteiger partial charge in [0, 0.05) is 89.2 Å². The maximum absolute atomic E-state index is 14.0. The molecular formula is C82H77F12N5O5. The van der Waals surface area contributed by atoms with Crippen LogP contribution in [0.2, 0.25) is 0 Å². The highest BCUT2D eigenvalue weighted by Gasteiger charge is 2.29. The van der Waals surface area contributed by atoms with Crippen LogP contribution < -0.4 is 48.2 Å². The van der Waals surface area contributed by atoms with Crippen LogP contribution >= 0.6 is 0 Å². The first kappa shape index (κ1) is 74.5. The van der Waals surface area contributed by atoms with E-state index in [1.807, 2.05) is 40.1 Å². The molecule has 0 unspecified atom stereocenters. The molecule has 0 fully saturated rings. The summed E-state index contributed by atoms with van der Waals surface area (Å²) < 4.78 is 188. The van der Waals surface area contributed by atoms with Gasteiger partial charge in [0.2, 0.25) is 0 Å². The zero-order valence-electron chi connectivity index (χ0n) is 58.7. The fourth-order valence-electron chi connectivity index (χ4n) is 12.0. The van der Waals surface area contributed by atoms with Crippen molar-refractivity contribution in [3.8, 4) is 28.7 Å². The summed E-state index contributed by atoms with van der Waals surface area (Å²) in [6.45, 7) is 22.6. The van der Waals surface area contributed by atoms with E-state index in [4.69, 9.17) is 23.7 Å². The van der Waals surface area contributed by atoms with Crippen LogP contribution in [0.15, 0.2) is 182 Å². The number of nitrogens with zero attached hydrogens (tertiary/aromatic N) is 5. The molecule has 10 nitrogen and oxygen atoms in total. The third-order valence-electron chi connectivity index (χ3n) is 17.8. The van der Waals surface area contributed by atoms with Gasteiger partial charge in [0.15, 0.2) is 56.9 Å². The number of hydrogen-bond acceptors (Lipinski definition) is 10. The Morgan fingerprint density at radius 3 is 0.923 bits per heavy atom. The van der Waals surface area contributed by atoms with Crippen molar-refractivity contribution in [3.05, 3.63) is 296 Å². The maximum atomic E-state index is 14.0. The number of fused-ring (bicyclic) bond motifs is 5. The summed E-state index contributed by atoms with van der Waals surface area (Å²) in [4.78, 5) is 8.58. The summed E-state index contributed by atoms with van der Waals surface area (Å²) in [6, 6.07) is 45.3. The number of halogens is 12. The summed E-state index contributed by atoms with van der Waals surface area (Å²) in [5, 5.41) is 0. The second kappa shape index (κ2) is 31.1. The monoisotopic (exact) mass is 1440 g/mol. The Labute approximate surface area is 596 Å². The Morgan fingerprint density at radius 1 is 0.240 bits per heavy atom. The number of ether oxygens (including phenoxy) is 5. The molecular weight excluding hydrogens is 1360 g/mol. The van der Waals surface area contributed by atoms with Crippen LogP contribution in [0.1, 0.15) is 107 Å². The molecule has 0 bridgehead atoms. The van der Waals surface area contributed by atoms with Crippen molar-refractivity contribution >= 4 is 28.4 Å². The second-order valence-electron chi connectivity index (χ2n) is 28.6. The number of rotatable bonds is 5. The normalized spacial score (nSPS) is 14.3. The third-order valence-corrected chi connectivity index (χ3v) is 17.8. The molecule has 10 aromatic carbocycles. The zero-order chi connectivity index (χ0) is 74.5. The third kappa shape index (κ3) is 18.2. The van der Waals surface area contributed by atoms with Crippen LogP contribution in [0, 0.1) is 69.8 Å². The lowest BCUT2D eigenvalue weighted by Crippen LogP contribution is -2.33. The van der Waals surface area contributed by atoms with Crippen molar-refractivity contribution in [3.63, 3.8) is 0 Å². The SMILES string of the molecule is CC(C)(C)c1ccc2c(c1)CN(c1c(F)cc(F)cc1F)CO2.CC(C)(C)c1ccc2c(c1)CN(c1ccc(F)c(F)c1)CO2.CC(C)(C)c1ccc2c(c1)CN(c1ccc(F)cc1F)CO2.Fc1ccc(N2COc3ccc(F)cc3C2)c(F)c1.Fc1ccc(N2COc3ccc(F)cc3C2)cc1. The highest BCUT2D eigenvalue weighted by molar-refractivity contribution is 5.57. The van der Waals surface area contributed by atoms with Crippen molar-refractivity contribution in [1.29, 1.82) is 0 Å². The molecule has 5 aliphatic rings. The van der Waals surface area contributed by atoms with E-state index in [-0.39, 0.29) is 65.3 Å². The van der Waals surface area contributed by atoms with E-state index in [0.29, 0.717) is 92.5 Å². The van der Waals surface area contributed by atoms with Gasteiger partial charge in [-0.05, 0) is 166 Å². The highest BCUT2D eigenvalue weighted by Crippen LogP contribution is 2.39. The molecule has 0 amide bonds. The van der Waals surface area contributed by atoms with Crippen LogP contribution in [-0.2, 0) is 49.0 Å². The average molecular weight is 1440 g/mol. The molecule has 0 radical (unpaired) electrons. The van der Waals surface area contributed by atoms with Crippen LogP contribution in [0.4, 0.5) is 81.1 Å². The first-order valence-electron chi connectivity index (χ1n) is 33.4. The predicted octanol–water partition coefficient (Wildman–Crippen LogP) is 20.8. The van der Waals surface area contributed by atoms with Crippen molar-refractivity contribution in [1.82, 2.24) is 0 Å². The first-order chi connectivity index (χ1) is 49.3. The predicted molar refractivity (Wildman–Crippen MR) is 378 cm³/mol. The molecule has 0 saturated heterocycles. The summed E-state index contributed by atoms with van der Waals surface area (Å²) >= 11 is 0. The highest BCUT2D eigenvalue weighted by atomic mass is 19.2. The Hall–Kier alpha value is -10.6. The van der Waals surface area contributed by atoms with Crippen LogP contribution in [0.5, 0.6) is 28.7 Å². The largest absolute Gasteiger partial charge is 0.473 e. The smallest absolute Gasteiger partial charge is 0.161 e. The topological polar surface area (TPSA) is 62.3 Å². The molecule has 0 aliphatic carbocycles. The van der Waals surface area contributed by atoms with E-state index in [1.54, 1.807) is 40.1 Å². The molecule has 0 spiro atoms. The van der Waals surface area contributed by atoms with Crippen LogP contribution in [-0.4, -0.2) is 33.7 Å². The lowest BCUT2D eigenvalue weighted by Gasteiger charge is -2.32. The molecule has 544 valence electrons. The molecule has 0 saturated carbocycles. The fraction of sp³-hybridized carbons (Fsp3) is 0.268. The van der Waals surface area contributed by atoms with Gasteiger partial charge in [-0.15, -0.1) is 0 Å². The molecule has 10 aromatic rings. The van der Waals surface area contributed by atoms with Crippen molar-refractivity contribution in [2.45, 2.75) is 111 Å². The van der Waals surface area contributed by atoms with Gasteiger partial charge in [0.05, 0.1) is 24.5 Å². The summed E-state index contributed by atoms with van der Waals surface area (Å²) in [5.74, 6) is -4.16. The van der Waals surface area contributed by atoms with Crippen molar-refractivity contribution in [2.24, 2.45) is 0 Å². The van der Waals surface area contributed by atoms with Crippen molar-refractivity contribution < 1.29 is 76.4 Å². The fourth-order valence-corrected chi connectivity index (χ4v) is 12.0. The lowest BCUT2D eigenvalue weighted by molar-refractivity contribution is 0.285. The zero-order valence-corrected chi connectivity index (χ0v) is 58.7. The lowest BCUT2D eigenvalue weighted by atomic mass is 9.86. The van der Waals surface area contributed by atoms with Crippen molar-refractivity contribution in [2.75, 3.05) is 58.2 Å². The Kier molecular flexibility index (Phi) is 22.3. The average Bonchev–Trinajstić information content (AvgIpc) is 0.806. The molecule has 0 atom stereocenters. The molecule has 104 heavy (non-hydrogen) atoms. The van der Waals surface area contributed by atoms with Crippen LogP contribution in [0.25, 0.3) is 0 Å². The summed E-state index contributed by atoms with van der Waals surface area (Å²) in [5.41, 5.74) is 9.75. The summed E-state index contributed by atoms with van der Waals surface area (Å²) in [6.07, 6.45) is 0. The van der Waals surface area contributed by atoms with Gasteiger partial charge >= 0.3 is 0 Å². The second-order valence-corrected chi connectivity index (χ2v) is 28.6. The van der Waals surface area contributed by atoms with E-state index in [2.05, 4.69) is 86.6 Å². The summed E-state index contributed by atoms with van der Waals surface area (Å²) in [7, 11) is 0. The minimum absolute atomic E-state index is 0.0152.